The highest BCUT2D eigenvalue weighted by atomic mass is 35.5. The highest BCUT2D eigenvalue weighted by Gasteiger charge is 2.20. The van der Waals surface area contributed by atoms with E-state index in [1.807, 2.05) is 48.5 Å². The van der Waals surface area contributed by atoms with Crippen LogP contribution in [0.2, 0.25) is 5.02 Å². The number of hydrogen-bond donors (Lipinski definition) is 0. The molecule has 0 unspecified atom stereocenters. The molecule has 0 atom stereocenters. The van der Waals surface area contributed by atoms with E-state index in [1.165, 1.54) is 0 Å². The van der Waals surface area contributed by atoms with Gasteiger partial charge >= 0.3 is 0 Å². The van der Waals surface area contributed by atoms with Gasteiger partial charge in [0.05, 0.1) is 10.9 Å². The molecule has 0 aliphatic carbocycles. The van der Waals surface area contributed by atoms with Crippen LogP contribution in [0.15, 0.2) is 53.3 Å². The number of aromatic nitrogens is 2. The number of hydrogen-bond acceptors (Lipinski definition) is 2. The number of halogens is 1. The fourth-order valence-electron chi connectivity index (χ4n) is 2.97. The number of benzene rings is 2. The van der Waals surface area contributed by atoms with Crippen LogP contribution in [0, 0.1) is 0 Å². The molecule has 0 radical (unpaired) electrons. The van der Waals surface area contributed by atoms with Crippen LogP contribution < -0.4 is 5.56 Å². The molecular weight excluding hydrogens is 296 g/mol. The maximum atomic E-state index is 12.2. The second-order valence-electron chi connectivity index (χ2n) is 5.38. The monoisotopic (exact) mass is 308 g/mol. The second-order valence-corrected chi connectivity index (χ2v) is 5.82. The van der Waals surface area contributed by atoms with Crippen LogP contribution >= 0.6 is 11.6 Å². The molecule has 0 spiro atoms. The molecule has 1 aromatic heterocycles. The molecule has 108 valence electrons. The van der Waals surface area contributed by atoms with Crippen molar-refractivity contribution in [2.45, 2.75) is 13.0 Å². The van der Waals surface area contributed by atoms with E-state index in [9.17, 15) is 4.79 Å². The molecule has 2 aromatic carbocycles. The minimum Gasteiger partial charge on any atom is -0.325 e. The average molecular weight is 309 g/mol. The van der Waals surface area contributed by atoms with Crippen LogP contribution in [0.25, 0.3) is 22.6 Å². The van der Waals surface area contributed by atoms with E-state index in [-0.39, 0.29) is 5.56 Å². The number of aryl methyl sites for hydroxylation is 1. The standard InChI is InChI=1S/C18H13ClN2O/c19-14-5-3-4-12(11-14)10-13-8-9-21-16-7-2-1-6-15(16)18(22)20-17(13)21/h1-7,10-11H,8-9H2/b13-10-. The van der Waals surface area contributed by atoms with Gasteiger partial charge in [0.1, 0.15) is 5.82 Å². The van der Waals surface area contributed by atoms with Crippen molar-refractivity contribution in [2.24, 2.45) is 0 Å². The van der Waals surface area contributed by atoms with E-state index in [1.54, 1.807) is 0 Å². The molecule has 1 aliphatic heterocycles. The van der Waals surface area contributed by atoms with Crippen molar-refractivity contribution in [2.75, 3.05) is 0 Å². The zero-order valence-electron chi connectivity index (χ0n) is 11.8. The van der Waals surface area contributed by atoms with Gasteiger partial charge in [-0.2, -0.15) is 4.98 Å². The van der Waals surface area contributed by atoms with Gasteiger partial charge in [0.15, 0.2) is 0 Å². The minimum absolute atomic E-state index is 0.166. The Bertz CT molecular complexity index is 972. The Morgan fingerprint density at radius 2 is 2.00 bits per heavy atom. The van der Waals surface area contributed by atoms with E-state index in [0.717, 1.165) is 35.4 Å². The summed E-state index contributed by atoms with van der Waals surface area (Å²) in [5, 5.41) is 1.38. The molecule has 1 aliphatic rings. The van der Waals surface area contributed by atoms with Crippen molar-refractivity contribution in [3.8, 4) is 0 Å². The van der Waals surface area contributed by atoms with Gasteiger partial charge in [0, 0.05) is 11.6 Å². The van der Waals surface area contributed by atoms with Crippen LogP contribution in [-0.4, -0.2) is 9.55 Å². The van der Waals surface area contributed by atoms with Crippen LogP contribution in [0.5, 0.6) is 0 Å². The molecule has 0 amide bonds. The van der Waals surface area contributed by atoms with Crippen molar-refractivity contribution < 1.29 is 0 Å². The molecule has 0 saturated carbocycles. The summed E-state index contributed by atoms with van der Waals surface area (Å²) in [5.74, 6) is 0.767. The van der Waals surface area contributed by atoms with E-state index in [0.29, 0.717) is 10.4 Å². The van der Waals surface area contributed by atoms with Gasteiger partial charge in [-0.3, -0.25) is 4.79 Å². The Hall–Kier alpha value is -2.39. The smallest absolute Gasteiger partial charge is 0.281 e. The Morgan fingerprint density at radius 1 is 1.14 bits per heavy atom. The molecule has 0 saturated heterocycles. The Balaban J connectivity index is 1.91. The summed E-state index contributed by atoms with van der Waals surface area (Å²) in [6, 6.07) is 15.3. The third kappa shape index (κ3) is 2.14. The molecule has 0 N–H and O–H groups in total. The van der Waals surface area contributed by atoms with Gasteiger partial charge in [-0.05, 0) is 47.9 Å². The first-order chi connectivity index (χ1) is 10.7. The largest absolute Gasteiger partial charge is 0.325 e. The Morgan fingerprint density at radius 3 is 2.86 bits per heavy atom. The zero-order chi connectivity index (χ0) is 15.1. The number of fused-ring (bicyclic) bond motifs is 3. The van der Waals surface area contributed by atoms with E-state index >= 15 is 0 Å². The number of rotatable bonds is 1. The molecule has 22 heavy (non-hydrogen) atoms. The molecule has 0 bridgehead atoms. The summed E-state index contributed by atoms with van der Waals surface area (Å²) in [4.78, 5) is 16.5. The van der Waals surface area contributed by atoms with Crippen molar-refractivity contribution in [1.29, 1.82) is 0 Å². The van der Waals surface area contributed by atoms with Crippen molar-refractivity contribution in [1.82, 2.24) is 9.55 Å². The van der Waals surface area contributed by atoms with E-state index in [4.69, 9.17) is 11.6 Å². The number of allylic oxidation sites excluding steroid dienone is 1. The van der Waals surface area contributed by atoms with Gasteiger partial charge in [-0.25, -0.2) is 0 Å². The molecule has 4 heteroatoms. The molecule has 3 nitrogen and oxygen atoms in total. The van der Waals surface area contributed by atoms with Gasteiger partial charge in [0.25, 0.3) is 5.56 Å². The fourth-order valence-corrected chi connectivity index (χ4v) is 3.17. The lowest BCUT2D eigenvalue weighted by Gasteiger charge is -2.07. The highest BCUT2D eigenvalue weighted by molar-refractivity contribution is 6.30. The number of nitrogens with zero attached hydrogens (tertiary/aromatic N) is 2. The zero-order valence-corrected chi connectivity index (χ0v) is 12.5. The van der Waals surface area contributed by atoms with Gasteiger partial charge in [-0.15, -0.1) is 0 Å². The normalized spacial score (nSPS) is 15.4. The van der Waals surface area contributed by atoms with Crippen molar-refractivity contribution in [3.05, 3.63) is 75.3 Å². The summed E-state index contributed by atoms with van der Waals surface area (Å²) in [7, 11) is 0. The van der Waals surface area contributed by atoms with Crippen LogP contribution in [0.3, 0.4) is 0 Å². The van der Waals surface area contributed by atoms with Gasteiger partial charge in [-0.1, -0.05) is 35.9 Å². The second kappa shape index (κ2) is 5.11. The van der Waals surface area contributed by atoms with Crippen molar-refractivity contribution >= 4 is 34.2 Å². The summed E-state index contributed by atoms with van der Waals surface area (Å²) >= 11 is 6.03. The summed E-state index contributed by atoms with van der Waals surface area (Å²) in [5.41, 5.74) is 2.89. The van der Waals surface area contributed by atoms with Gasteiger partial charge in [0.2, 0.25) is 0 Å². The summed E-state index contributed by atoms with van der Waals surface area (Å²) in [6.07, 6.45) is 2.93. The lowest BCUT2D eigenvalue weighted by Crippen LogP contribution is -2.14. The van der Waals surface area contributed by atoms with E-state index in [2.05, 4.69) is 15.6 Å². The summed E-state index contributed by atoms with van der Waals surface area (Å²) < 4.78 is 2.12. The molecular formula is C18H13ClN2O. The minimum atomic E-state index is -0.166. The molecule has 0 fully saturated rings. The third-order valence-electron chi connectivity index (χ3n) is 3.97. The average Bonchev–Trinajstić information content (AvgIpc) is 2.91. The molecule has 4 rings (SSSR count). The highest BCUT2D eigenvalue weighted by Crippen LogP contribution is 2.29. The topological polar surface area (TPSA) is 34.9 Å². The lowest BCUT2D eigenvalue weighted by molar-refractivity contribution is 0.772. The maximum Gasteiger partial charge on any atom is 0.281 e. The first-order valence-corrected chi connectivity index (χ1v) is 7.56. The predicted octanol–water partition coefficient (Wildman–Crippen LogP) is 3.99. The SMILES string of the molecule is O=c1nc2n(c3ccccc13)CC/C2=C/c1cccc(Cl)c1. The van der Waals surface area contributed by atoms with Crippen LogP contribution in [0.4, 0.5) is 0 Å². The quantitative estimate of drug-likeness (QED) is 0.681. The Labute approximate surface area is 132 Å². The fraction of sp³-hybridized carbons (Fsp3) is 0.111. The van der Waals surface area contributed by atoms with Crippen LogP contribution in [0.1, 0.15) is 17.8 Å². The Kier molecular flexibility index (Phi) is 3.09. The molecule has 3 aromatic rings. The van der Waals surface area contributed by atoms with E-state index < -0.39 is 0 Å². The predicted molar refractivity (Wildman–Crippen MR) is 89.9 cm³/mol. The van der Waals surface area contributed by atoms with Gasteiger partial charge < -0.3 is 4.57 Å². The third-order valence-corrected chi connectivity index (χ3v) is 4.20. The van der Waals surface area contributed by atoms with Crippen molar-refractivity contribution in [3.63, 3.8) is 0 Å². The first kappa shape index (κ1) is 13.3. The maximum absolute atomic E-state index is 12.2. The number of para-hydroxylation sites is 1. The van der Waals surface area contributed by atoms with Crippen LogP contribution in [-0.2, 0) is 6.54 Å². The lowest BCUT2D eigenvalue weighted by atomic mass is 10.1. The first-order valence-electron chi connectivity index (χ1n) is 7.18. The summed E-state index contributed by atoms with van der Waals surface area (Å²) in [6.45, 7) is 0.843. The molecule has 2 heterocycles.